The van der Waals surface area contributed by atoms with Crippen molar-refractivity contribution >= 4 is 79.0 Å². The first kappa shape index (κ1) is 25.5. The van der Waals surface area contributed by atoms with E-state index in [0.717, 1.165) is 56.6 Å². The van der Waals surface area contributed by atoms with Gasteiger partial charge in [-0.15, -0.1) is 0 Å². The number of rotatable bonds is 1. The second-order valence-corrected chi connectivity index (χ2v) is 13.8. The van der Waals surface area contributed by atoms with Crippen molar-refractivity contribution < 1.29 is 9.47 Å². The van der Waals surface area contributed by atoms with Crippen LogP contribution in [-0.4, -0.2) is 27.5 Å². The molecule has 0 radical (unpaired) electrons. The number of benzene rings is 7. The molecule has 0 amide bonds. The summed E-state index contributed by atoms with van der Waals surface area (Å²) in [7, 11) is 0. The Morgan fingerprint density at radius 3 is 1.84 bits per heavy atom. The Morgan fingerprint density at radius 1 is 0.460 bits per heavy atom. The molecule has 0 bridgehead atoms. The summed E-state index contributed by atoms with van der Waals surface area (Å²) in [5.74, 6) is 4.41. The SMILES string of the molecule is c1ccc(-c2nc3cccc4c3n2-c2cccc3c2B4c2cc4c(cc2O3)Oc2cccc3c2B4c2cccc4c5ccccc5n-3c24)cc1. The molecule has 0 aliphatic carbocycles. The Labute approximate surface area is 287 Å². The maximum Gasteiger partial charge on any atom is 0.256 e. The minimum atomic E-state index is -0.0192. The maximum absolute atomic E-state index is 6.85. The zero-order valence-electron chi connectivity index (χ0n) is 26.6. The highest BCUT2D eigenvalue weighted by Crippen LogP contribution is 2.40. The molecule has 6 heterocycles. The van der Waals surface area contributed by atoms with Crippen molar-refractivity contribution in [2.75, 3.05) is 0 Å². The Balaban J connectivity index is 1.10. The van der Waals surface area contributed by atoms with Gasteiger partial charge in [-0.05, 0) is 69.2 Å². The molecule has 0 saturated carbocycles. The molecule has 0 unspecified atom stereocenters. The first-order valence-corrected chi connectivity index (χ1v) is 17.2. The van der Waals surface area contributed by atoms with Crippen LogP contribution in [0.25, 0.3) is 55.6 Å². The Kier molecular flexibility index (Phi) is 4.48. The zero-order valence-corrected chi connectivity index (χ0v) is 26.6. The van der Waals surface area contributed by atoms with E-state index in [1.54, 1.807) is 0 Å². The van der Waals surface area contributed by atoms with Crippen LogP contribution in [0.1, 0.15) is 0 Å². The standard InChI is InChI=1S/C43H23B2N3O2/c1-2-10-24(11-3-1)43-46-31-16-7-15-28-42(31)48(43)34-19-9-21-36-40(34)45(28)30-22-29-37(23-38(30)50-36)49-35-20-8-18-33-39(35)44(29)27-14-6-13-26-25-12-4-5-17-32(25)47(33)41(26)27/h1-23H. The predicted molar refractivity (Wildman–Crippen MR) is 203 cm³/mol. The summed E-state index contributed by atoms with van der Waals surface area (Å²) >= 11 is 0. The smallest absolute Gasteiger partial charge is 0.256 e. The first-order valence-electron chi connectivity index (χ1n) is 17.2. The third-order valence-electron chi connectivity index (χ3n) is 11.4. The van der Waals surface area contributed by atoms with Crippen LogP contribution in [0, 0.1) is 0 Å². The number of para-hydroxylation sites is 3. The molecule has 7 aromatic carbocycles. The molecule has 4 aliphatic heterocycles. The van der Waals surface area contributed by atoms with E-state index in [-0.39, 0.29) is 13.4 Å². The first-order chi connectivity index (χ1) is 24.8. The second kappa shape index (κ2) is 8.76. The average Bonchev–Trinajstić information content (AvgIpc) is 3.72. The van der Waals surface area contributed by atoms with E-state index in [4.69, 9.17) is 14.5 Å². The third kappa shape index (κ3) is 2.93. The average molecular weight is 635 g/mol. The van der Waals surface area contributed by atoms with Gasteiger partial charge in [0.25, 0.3) is 13.4 Å². The summed E-state index contributed by atoms with van der Waals surface area (Å²) in [6, 6.07) is 50.0. The van der Waals surface area contributed by atoms with Crippen molar-refractivity contribution in [3.05, 3.63) is 140 Å². The van der Waals surface area contributed by atoms with Crippen molar-refractivity contribution in [2.24, 2.45) is 0 Å². The van der Waals surface area contributed by atoms with Crippen LogP contribution in [0.5, 0.6) is 23.0 Å². The van der Waals surface area contributed by atoms with Gasteiger partial charge < -0.3 is 14.0 Å². The van der Waals surface area contributed by atoms with Crippen LogP contribution in [-0.2, 0) is 0 Å². The molecule has 13 rings (SSSR count). The summed E-state index contributed by atoms with van der Waals surface area (Å²) in [6.07, 6.45) is 0. The Morgan fingerprint density at radius 2 is 1.08 bits per heavy atom. The number of ether oxygens (including phenoxy) is 2. The van der Waals surface area contributed by atoms with E-state index < -0.39 is 0 Å². The van der Waals surface area contributed by atoms with Crippen molar-refractivity contribution in [2.45, 2.75) is 0 Å². The van der Waals surface area contributed by atoms with Crippen LogP contribution < -0.4 is 42.3 Å². The van der Waals surface area contributed by atoms with Crippen LogP contribution >= 0.6 is 0 Å². The predicted octanol–water partition coefficient (Wildman–Crippen LogP) is 5.66. The lowest BCUT2D eigenvalue weighted by molar-refractivity contribution is 0.465. The van der Waals surface area contributed by atoms with Gasteiger partial charge in [-0.2, -0.15) is 0 Å². The van der Waals surface area contributed by atoms with Crippen LogP contribution in [0.15, 0.2) is 140 Å². The van der Waals surface area contributed by atoms with Crippen molar-refractivity contribution in [3.8, 4) is 45.8 Å². The topological polar surface area (TPSA) is 41.2 Å². The minimum Gasteiger partial charge on any atom is -0.458 e. The lowest BCUT2D eigenvalue weighted by atomic mass is 9.31. The Hall–Kier alpha value is -6.46. The molecule has 228 valence electrons. The van der Waals surface area contributed by atoms with Crippen LogP contribution in [0.2, 0.25) is 0 Å². The summed E-state index contributed by atoms with van der Waals surface area (Å²) in [5, 5.41) is 2.55. The van der Waals surface area contributed by atoms with Gasteiger partial charge in [0.15, 0.2) is 0 Å². The van der Waals surface area contributed by atoms with E-state index in [0.29, 0.717) is 0 Å². The lowest BCUT2D eigenvalue weighted by Crippen LogP contribution is -2.62. The maximum atomic E-state index is 6.85. The monoisotopic (exact) mass is 635 g/mol. The molecule has 50 heavy (non-hydrogen) atoms. The molecule has 0 spiro atoms. The molecule has 2 aromatic heterocycles. The number of hydrogen-bond acceptors (Lipinski definition) is 3. The van der Waals surface area contributed by atoms with Crippen molar-refractivity contribution in [1.29, 1.82) is 0 Å². The van der Waals surface area contributed by atoms with Gasteiger partial charge >= 0.3 is 0 Å². The molecule has 0 N–H and O–H groups in total. The van der Waals surface area contributed by atoms with Gasteiger partial charge in [0.05, 0.1) is 16.6 Å². The molecule has 0 atom stereocenters. The van der Waals surface area contributed by atoms with Crippen LogP contribution in [0.3, 0.4) is 0 Å². The summed E-state index contributed by atoms with van der Waals surface area (Å²) in [5.41, 5.74) is 15.3. The number of imidazole rings is 1. The number of fused-ring (bicyclic) bond motifs is 11. The molecule has 9 aromatic rings. The van der Waals surface area contributed by atoms with Crippen molar-refractivity contribution in [1.82, 2.24) is 14.1 Å². The highest BCUT2D eigenvalue weighted by molar-refractivity contribution is 7.02. The fraction of sp³-hybridized carbons (Fsp3) is 0. The van der Waals surface area contributed by atoms with Gasteiger partial charge in [-0.1, -0.05) is 97.1 Å². The molecular formula is C43H23B2N3O2. The number of hydrogen-bond donors (Lipinski definition) is 0. The van der Waals surface area contributed by atoms with Gasteiger partial charge in [0.1, 0.15) is 28.8 Å². The fourth-order valence-corrected chi connectivity index (χ4v) is 9.56. The minimum absolute atomic E-state index is 0.0157. The zero-order chi connectivity index (χ0) is 32.2. The summed E-state index contributed by atoms with van der Waals surface area (Å²) in [6.45, 7) is -0.00348. The normalized spacial score (nSPS) is 13.8. The third-order valence-corrected chi connectivity index (χ3v) is 11.4. The molecular weight excluding hydrogens is 612 g/mol. The van der Waals surface area contributed by atoms with E-state index in [1.807, 2.05) is 0 Å². The molecule has 0 fully saturated rings. The second-order valence-electron chi connectivity index (χ2n) is 13.8. The van der Waals surface area contributed by atoms with Gasteiger partial charge in [0, 0.05) is 39.3 Å². The Bertz CT molecular complexity index is 3020. The molecule has 5 nitrogen and oxygen atoms in total. The number of nitrogens with zero attached hydrogens (tertiary/aromatic N) is 3. The van der Waals surface area contributed by atoms with Gasteiger partial charge in [-0.25, -0.2) is 4.98 Å². The largest absolute Gasteiger partial charge is 0.458 e. The highest BCUT2D eigenvalue weighted by atomic mass is 16.5. The van der Waals surface area contributed by atoms with E-state index in [1.165, 1.54) is 54.8 Å². The highest BCUT2D eigenvalue weighted by Gasteiger charge is 2.45. The van der Waals surface area contributed by atoms with E-state index >= 15 is 0 Å². The number of aromatic nitrogens is 3. The quantitative estimate of drug-likeness (QED) is 0.219. The summed E-state index contributed by atoms with van der Waals surface area (Å²) < 4.78 is 18.5. The van der Waals surface area contributed by atoms with Crippen molar-refractivity contribution in [3.63, 3.8) is 0 Å². The molecule has 7 heteroatoms. The van der Waals surface area contributed by atoms with E-state index in [2.05, 4.69) is 149 Å². The molecule has 0 saturated heterocycles. The van der Waals surface area contributed by atoms with Gasteiger partial charge in [0.2, 0.25) is 0 Å². The molecule has 4 aliphatic rings. The summed E-state index contributed by atoms with van der Waals surface area (Å²) in [4.78, 5) is 5.23. The van der Waals surface area contributed by atoms with E-state index in [9.17, 15) is 0 Å². The van der Waals surface area contributed by atoms with Gasteiger partial charge in [-0.3, -0.25) is 4.57 Å². The van der Waals surface area contributed by atoms with Crippen LogP contribution in [0.4, 0.5) is 0 Å². The lowest BCUT2D eigenvalue weighted by Gasteiger charge is -2.36. The fourth-order valence-electron chi connectivity index (χ4n) is 9.56.